The van der Waals surface area contributed by atoms with E-state index in [1.54, 1.807) is 0 Å². The summed E-state index contributed by atoms with van der Waals surface area (Å²) in [5.74, 6) is 0. The largest absolute Gasteiger partial charge is 0.382 e. The van der Waals surface area contributed by atoms with Crippen LogP contribution < -0.4 is 5.32 Å². The van der Waals surface area contributed by atoms with E-state index in [1.807, 2.05) is 0 Å². The molecule has 1 heteroatoms. The Morgan fingerprint density at radius 2 is 1.60 bits per heavy atom. The summed E-state index contributed by atoms with van der Waals surface area (Å²) in [4.78, 5) is 0. The van der Waals surface area contributed by atoms with E-state index in [0.717, 1.165) is 6.04 Å². The molecular weight excluding hydrogens is 242 g/mol. The Hall–Kier alpha value is -0.980. The van der Waals surface area contributed by atoms with Crippen LogP contribution in [-0.4, -0.2) is 6.04 Å². The Balaban J connectivity index is 1.66. The highest BCUT2D eigenvalue weighted by atomic mass is 15.0. The van der Waals surface area contributed by atoms with Crippen molar-refractivity contribution in [3.05, 3.63) is 29.8 Å². The van der Waals surface area contributed by atoms with E-state index in [4.69, 9.17) is 0 Å². The Labute approximate surface area is 124 Å². The highest BCUT2D eigenvalue weighted by Crippen LogP contribution is 2.52. The first kappa shape index (κ1) is 14.0. The van der Waals surface area contributed by atoms with Gasteiger partial charge in [0.15, 0.2) is 0 Å². The first-order valence-electron chi connectivity index (χ1n) is 8.37. The molecule has 20 heavy (non-hydrogen) atoms. The first-order chi connectivity index (χ1) is 9.50. The van der Waals surface area contributed by atoms with Gasteiger partial charge >= 0.3 is 0 Å². The maximum Gasteiger partial charge on any atom is 0.0342 e. The fourth-order valence-electron chi connectivity index (χ4n) is 4.04. The van der Waals surface area contributed by atoms with Crippen LogP contribution in [0.25, 0.3) is 0 Å². The average Bonchev–Trinajstić information content (AvgIpc) is 2.44. The van der Waals surface area contributed by atoms with Crippen molar-refractivity contribution in [1.29, 1.82) is 0 Å². The molecule has 0 aliphatic heterocycles. The molecule has 0 amide bonds. The molecule has 2 saturated carbocycles. The third-order valence-electron chi connectivity index (χ3n) is 5.61. The van der Waals surface area contributed by atoms with E-state index in [9.17, 15) is 0 Å². The lowest BCUT2D eigenvalue weighted by molar-refractivity contribution is 0.0571. The van der Waals surface area contributed by atoms with Gasteiger partial charge < -0.3 is 5.32 Å². The minimum Gasteiger partial charge on any atom is -0.382 e. The van der Waals surface area contributed by atoms with Crippen LogP contribution in [0.4, 0.5) is 5.69 Å². The zero-order valence-corrected chi connectivity index (χ0v) is 13.3. The standard InChI is InChI=1S/C19H29N/c1-18(2,3)15-7-9-16(10-8-15)20-17-11-14-19(17)12-5-4-6-13-19/h7-10,17,20H,4-6,11-14H2,1-3H3. The zero-order valence-electron chi connectivity index (χ0n) is 13.3. The van der Waals surface area contributed by atoms with Crippen LogP contribution in [-0.2, 0) is 5.41 Å². The van der Waals surface area contributed by atoms with E-state index < -0.39 is 0 Å². The van der Waals surface area contributed by atoms with E-state index in [-0.39, 0.29) is 5.41 Å². The van der Waals surface area contributed by atoms with E-state index in [2.05, 4.69) is 50.4 Å². The number of rotatable bonds is 2. The van der Waals surface area contributed by atoms with Gasteiger partial charge in [-0.25, -0.2) is 0 Å². The number of anilines is 1. The Morgan fingerprint density at radius 3 is 2.10 bits per heavy atom. The number of hydrogen-bond acceptors (Lipinski definition) is 1. The van der Waals surface area contributed by atoms with Crippen LogP contribution in [0.2, 0.25) is 0 Å². The smallest absolute Gasteiger partial charge is 0.0342 e. The molecule has 1 atom stereocenters. The highest BCUT2D eigenvalue weighted by Gasteiger charge is 2.46. The van der Waals surface area contributed by atoms with Crippen LogP contribution in [0.15, 0.2) is 24.3 Å². The Morgan fingerprint density at radius 1 is 0.950 bits per heavy atom. The van der Waals surface area contributed by atoms with Crippen molar-refractivity contribution in [2.45, 2.75) is 77.2 Å². The van der Waals surface area contributed by atoms with Gasteiger partial charge in [0.05, 0.1) is 0 Å². The van der Waals surface area contributed by atoms with Gasteiger partial charge in [0.25, 0.3) is 0 Å². The van der Waals surface area contributed by atoms with Crippen molar-refractivity contribution in [1.82, 2.24) is 0 Å². The van der Waals surface area contributed by atoms with E-state index in [0.29, 0.717) is 5.41 Å². The maximum absolute atomic E-state index is 3.82. The predicted octanol–water partition coefficient (Wildman–Crippen LogP) is 5.51. The molecule has 2 aliphatic rings. The van der Waals surface area contributed by atoms with Crippen molar-refractivity contribution in [3.63, 3.8) is 0 Å². The quantitative estimate of drug-likeness (QED) is 0.748. The van der Waals surface area contributed by atoms with Crippen molar-refractivity contribution in [2.75, 3.05) is 5.32 Å². The van der Waals surface area contributed by atoms with Crippen molar-refractivity contribution < 1.29 is 0 Å². The van der Waals surface area contributed by atoms with Crippen LogP contribution >= 0.6 is 0 Å². The lowest BCUT2D eigenvalue weighted by Crippen LogP contribution is -2.50. The Bertz CT molecular complexity index is 446. The first-order valence-corrected chi connectivity index (χ1v) is 8.37. The number of hydrogen-bond donors (Lipinski definition) is 1. The minimum absolute atomic E-state index is 0.250. The third kappa shape index (κ3) is 2.60. The number of benzene rings is 1. The molecule has 0 saturated heterocycles. The summed E-state index contributed by atoms with van der Waals surface area (Å²) >= 11 is 0. The molecule has 1 aromatic carbocycles. The second-order valence-electron chi connectivity index (χ2n) is 7.99. The topological polar surface area (TPSA) is 12.0 Å². The molecule has 1 N–H and O–H groups in total. The minimum atomic E-state index is 0.250. The molecule has 110 valence electrons. The Kier molecular flexibility index (Phi) is 3.56. The molecule has 1 spiro atoms. The molecule has 0 radical (unpaired) electrons. The fraction of sp³-hybridized carbons (Fsp3) is 0.684. The second-order valence-corrected chi connectivity index (χ2v) is 7.99. The van der Waals surface area contributed by atoms with Gasteiger partial charge in [-0.2, -0.15) is 0 Å². The van der Waals surface area contributed by atoms with Crippen LogP contribution in [0.3, 0.4) is 0 Å². The summed E-state index contributed by atoms with van der Waals surface area (Å²) in [6.45, 7) is 6.83. The van der Waals surface area contributed by atoms with Gasteiger partial charge in [-0.15, -0.1) is 0 Å². The molecule has 0 aromatic heterocycles. The summed E-state index contributed by atoms with van der Waals surface area (Å²) < 4.78 is 0. The molecule has 1 nitrogen and oxygen atoms in total. The monoisotopic (exact) mass is 271 g/mol. The highest BCUT2D eigenvalue weighted by molar-refractivity contribution is 5.47. The lowest BCUT2D eigenvalue weighted by atomic mass is 9.57. The van der Waals surface area contributed by atoms with Crippen molar-refractivity contribution >= 4 is 5.69 Å². The summed E-state index contributed by atoms with van der Waals surface area (Å²) in [6, 6.07) is 9.84. The van der Waals surface area contributed by atoms with Crippen molar-refractivity contribution in [3.8, 4) is 0 Å². The van der Waals surface area contributed by atoms with Gasteiger partial charge in [-0.1, -0.05) is 52.2 Å². The van der Waals surface area contributed by atoms with Crippen molar-refractivity contribution in [2.24, 2.45) is 5.41 Å². The fourth-order valence-corrected chi connectivity index (χ4v) is 4.04. The third-order valence-corrected chi connectivity index (χ3v) is 5.61. The molecule has 0 heterocycles. The van der Waals surface area contributed by atoms with Gasteiger partial charge in [0.1, 0.15) is 0 Å². The molecule has 3 rings (SSSR count). The summed E-state index contributed by atoms with van der Waals surface area (Å²) in [6.07, 6.45) is 10.1. The van der Waals surface area contributed by atoms with E-state index >= 15 is 0 Å². The van der Waals surface area contributed by atoms with E-state index in [1.165, 1.54) is 56.2 Å². The summed E-state index contributed by atoms with van der Waals surface area (Å²) in [5, 5.41) is 3.82. The second kappa shape index (κ2) is 5.09. The maximum atomic E-state index is 3.82. The van der Waals surface area contributed by atoms with Gasteiger partial charge in [-0.3, -0.25) is 0 Å². The normalized spacial score (nSPS) is 25.2. The molecular formula is C19H29N. The number of nitrogens with one attached hydrogen (secondary N) is 1. The average molecular weight is 271 g/mol. The SMILES string of the molecule is CC(C)(C)c1ccc(NC2CCC23CCCCC3)cc1. The predicted molar refractivity (Wildman–Crippen MR) is 87.3 cm³/mol. The van der Waals surface area contributed by atoms with Gasteiger partial charge in [0.2, 0.25) is 0 Å². The van der Waals surface area contributed by atoms with Crippen LogP contribution in [0.5, 0.6) is 0 Å². The van der Waals surface area contributed by atoms with Gasteiger partial charge in [-0.05, 0) is 54.2 Å². The molecule has 2 aliphatic carbocycles. The van der Waals surface area contributed by atoms with Gasteiger partial charge in [0, 0.05) is 11.7 Å². The molecule has 2 fully saturated rings. The molecule has 1 aromatic rings. The molecule has 0 bridgehead atoms. The molecule has 1 unspecified atom stereocenters. The summed E-state index contributed by atoms with van der Waals surface area (Å²) in [5.41, 5.74) is 3.62. The van der Waals surface area contributed by atoms with Crippen LogP contribution in [0.1, 0.15) is 71.3 Å². The zero-order chi connectivity index (χ0) is 14.2. The van der Waals surface area contributed by atoms with Crippen LogP contribution in [0, 0.1) is 5.41 Å². The lowest BCUT2D eigenvalue weighted by Gasteiger charge is -2.52. The summed E-state index contributed by atoms with van der Waals surface area (Å²) in [7, 11) is 0.